The van der Waals surface area contributed by atoms with Crippen LogP contribution in [0.5, 0.6) is 5.75 Å². The first-order valence-corrected chi connectivity index (χ1v) is 12.0. The van der Waals surface area contributed by atoms with Gasteiger partial charge >= 0.3 is 0 Å². The second-order valence-electron chi connectivity index (χ2n) is 7.54. The van der Waals surface area contributed by atoms with Crippen LogP contribution in [0.15, 0.2) is 82.1 Å². The van der Waals surface area contributed by atoms with Crippen LogP contribution in [-0.4, -0.2) is 26.4 Å². The molecular weight excluding hydrogens is 473 g/mol. The minimum absolute atomic E-state index is 0.109. The highest BCUT2D eigenvalue weighted by atomic mass is 32.2. The number of ether oxygens (including phenoxy) is 1. The van der Waals surface area contributed by atoms with Gasteiger partial charge in [0.1, 0.15) is 23.0 Å². The van der Waals surface area contributed by atoms with Crippen molar-refractivity contribution >= 4 is 21.6 Å². The van der Waals surface area contributed by atoms with Crippen molar-refractivity contribution in [2.75, 3.05) is 11.8 Å². The van der Waals surface area contributed by atoms with Crippen LogP contribution in [0, 0.1) is 12.7 Å². The number of aromatic nitrogens is 1. The van der Waals surface area contributed by atoms with Crippen molar-refractivity contribution in [3.05, 3.63) is 95.6 Å². The molecule has 1 amide bonds. The van der Waals surface area contributed by atoms with Crippen LogP contribution >= 0.6 is 0 Å². The van der Waals surface area contributed by atoms with E-state index in [-0.39, 0.29) is 28.9 Å². The summed E-state index contributed by atoms with van der Waals surface area (Å²) in [5.74, 6) is 0.336. The van der Waals surface area contributed by atoms with Gasteiger partial charge in [-0.05, 0) is 61.5 Å². The van der Waals surface area contributed by atoms with Crippen molar-refractivity contribution in [2.45, 2.75) is 18.4 Å². The third kappa shape index (κ3) is 5.49. The van der Waals surface area contributed by atoms with E-state index < -0.39 is 15.8 Å². The number of halogens is 1. The zero-order chi connectivity index (χ0) is 25.0. The lowest BCUT2D eigenvalue weighted by Crippen LogP contribution is -2.23. The van der Waals surface area contributed by atoms with Gasteiger partial charge in [0.15, 0.2) is 0 Å². The summed E-state index contributed by atoms with van der Waals surface area (Å²) in [7, 11) is -2.51. The van der Waals surface area contributed by atoms with E-state index in [1.807, 2.05) is 0 Å². The number of methoxy groups -OCH3 is 1. The molecule has 0 saturated heterocycles. The number of oxazole rings is 1. The van der Waals surface area contributed by atoms with Gasteiger partial charge in [0.25, 0.3) is 15.9 Å². The van der Waals surface area contributed by atoms with Gasteiger partial charge in [-0.15, -0.1) is 0 Å². The van der Waals surface area contributed by atoms with Gasteiger partial charge in [0.05, 0.1) is 29.8 Å². The molecule has 1 heterocycles. The lowest BCUT2D eigenvalue weighted by molar-refractivity contribution is 0.0950. The smallest absolute Gasteiger partial charge is 0.262 e. The normalized spacial score (nSPS) is 11.2. The highest BCUT2D eigenvalue weighted by Crippen LogP contribution is 2.30. The molecule has 0 aliphatic rings. The lowest BCUT2D eigenvalue weighted by atomic mass is 10.2. The summed E-state index contributed by atoms with van der Waals surface area (Å²) < 4.78 is 52.4. The highest BCUT2D eigenvalue weighted by molar-refractivity contribution is 7.92. The number of nitrogens with zero attached hydrogens (tertiary/aromatic N) is 1. The number of hydrogen-bond donors (Lipinski definition) is 2. The average Bonchev–Trinajstić information content (AvgIpc) is 3.23. The molecule has 8 nitrogen and oxygen atoms in total. The van der Waals surface area contributed by atoms with Crippen LogP contribution in [-0.2, 0) is 16.6 Å². The fourth-order valence-electron chi connectivity index (χ4n) is 3.31. The maximum Gasteiger partial charge on any atom is 0.262 e. The number of amides is 1. The molecule has 180 valence electrons. The number of carbonyl (C=O) groups is 1. The Labute approximate surface area is 201 Å². The molecule has 4 rings (SSSR count). The van der Waals surface area contributed by atoms with Crippen LogP contribution in [0.1, 0.15) is 21.8 Å². The highest BCUT2D eigenvalue weighted by Gasteiger charge is 2.20. The number of anilines is 1. The van der Waals surface area contributed by atoms with E-state index in [1.165, 1.54) is 12.1 Å². The number of hydrogen-bond acceptors (Lipinski definition) is 6. The van der Waals surface area contributed by atoms with Gasteiger partial charge in [0, 0.05) is 5.56 Å². The van der Waals surface area contributed by atoms with Crippen LogP contribution < -0.4 is 14.8 Å². The molecule has 0 fully saturated rings. The summed E-state index contributed by atoms with van der Waals surface area (Å²) in [6, 6.07) is 18.0. The fraction of sp³-hybridized carbons (Fsp3) is 0.120. The number of nitrogens with one attached hydrogen (secondary N) is 2. The summed E-state index contributed by atoms with van der Waals surface area (Å²) in [5.41, 5.74) is 1.56. The number of aryl methyl sites for hydroxylation is 1. The van der Waals surface area contributed by atoms with Crippen LogP contribution in [0.25, 0.3) is 11.5 Å². The molecule has 0 spiro atoms. The van der Waals surface area contributed by atoms with Gasteiger partial charge in [-0.25, -0.2) is 17.8 Å². The molecule has 4 aromatic rings. The zero-order valence-electron chi connectivity index (χ0n) is 18.9. The Bertz CT molecular complexity index is 1470. The Morgan fingerprint density at radius 2 is 1.80 bits per heavy atom. The maximum atomic E-state index is 13.5. The molecule has 0 radical (unpaired) electrons. The maximum absolute atomic E-state index is 13.5. The van der Waals surface area contributed by atoms with E-state index in [2.05, 4.69) is 15.0 Å². The Balaban J connectivity index is 1.53. The third-order valence-electron chi connectivity index (χ3n) is 5.17. The summed E-state index contributed by atoms with van der Waals surface area (Å²) in [5, 5.41) is 2.79. The number of sulfonamides is 1. The molecule has 10 heteroatoms. The van der Waals surface area contributed by atoms with Crippen molar-refractivity contribution < 1.29 is 26.8 Å². The topological polar surface area (TPSA) is 111 Å². The van der Waals surface area contributed by atoms with Crippen LogP contribution in [0.4, 0.5) is 10.1 Å². The van der Waals surface area contributed by atoms with E-state index in [0.717, 1.165) is 12.1 Å². The van der Waals surface area contributed by atoms with Gasteiger partial charge in [0.2, 0.25) is 5.89 Å². The molecule has 0 aliphatic heterocycles. The second kappa shape index (κ2) is 9.98. The Hall–Kier alpha value is -4.18. The minimum Gasteiger partial charge on any atom is -0.497 e. The van der Waals surface area contributed by atoms with Crippen molar-refractivity contribution in [1.82, 2.24) is 10.3 Å². The zero-order valence-corrected chi connectivity index (χ0v) is 19.7. The summed E-state index contributed by atoms with van der Waals surface area (Å²) in [6.45, 7) is 1.81. The molecule has 3 aromatic carbocycles. The largest absolute Gasteiger partial charge is 0.497 e. The van der Waals surface area contributed by atoms with Crippen molar-refractivity contribution in [2.24, 2.45) is 0 Å². The first-order valence-electron chi connectivity index (χ1n) is 10.5. The molecule has 35 heavy (non-hydrogen) atoms. The Kier molecular flexibility index (Phi) is 6.83. The van der Waals surface area contributed by atoms with Gasteiger partial charge in [-0.2, -0.15) is 0 Å². The first-order chi connectivity index (χ1) is 16.8. The van der Waals surface area contributed by atoms with E-state index in [9.17, 15) is 17.6 Å². The third-order valence-corrected chi connectivity index (χ3v) is 6.53. The van der Waals surface area contributed by atoms with E-state index in [4.69, 9.17) is 9.15 Å². The standard InChI is InChI=1S/C25H22FN3O5S/c1-16-23(15-27-24(30)17-10-12-19(33-2)13-11-17)28-25(34-16)21-8-3-4-9-22(21)29-35(31,32)20-7-5-6-18(26)14-20/h3-14,29H,15H2,1-2H3,(H,27,30). The van der Waals surface area contributed by atoms with E-state index in [1.54, 1.807) is 62.6 Å². The predicted molar refractivity (Wildman–Crippen MR) is 128 cm³/mol. The number of carbonyl (C=O) groups excluding carboxylic acids is 1. The SMILES string of the molecule is COc1ccc(C(=O)NCc2nc(-c3ccccc3NS(=O)(=O)c3cccc(F)c3)oc2C)cc1. The molecule has 0 bridgehead atoms. The summed E-state index contributed by atoms with van der Waals surface area (Å²) in [6.07, 6.45) is 0. The molecule has 0 unspecified atom stereocenters. The van der Waals surface area contributed by atoms with Gasteiger partial charge in [-0.3, -0.25) is 9.52 Å². The number of benzene rings is 3. The van der Waals surface area contributed by atoms with Gasteiger partial charge < -0.3 is 14.5 Å². The first kappa shape index (κ1) is 24.0. The lowest BCUT2D eigenvalue weighted by Gasteiger charge is -2.11. The van der Waals surface area contributed by atoms with Crippen LogP contribution in [0.3, 0.4) is 0 Å². The minimum atomic E-state index is -4.05. The van der Waals surface area contributed by atoms with Crippen LogP contribution in [0.2, 0.25) is 0 Å². The molecule has 2 N–H and O–H groups in total. The average molecular weight is 496 g/mol. The molecule has 1 aromatic heterocycles. The molecular formula is C25H22FN3O5S. The van der Waals surface area contributed by atoms with Gasteiger partial charge in [-0.1, -0.05) is 18.2 Å². The number of para-hydroxylation sites is 1. The number of rotatable bonds is 8. The fourth-order valence-corrected chi connectivity index (χ4v) is 4.42. The van der Waals surface area contributed by atoms with E-state index in [0.29, 0.717) is 28.3 Å². The summed E-state index contributed by atoms with van der Waals surface area (Å²) >= 11 is 0. The predicted octanol–water partition coefficient (Wildman–Crippen LogP) is 4.53. The van der Waals surface area contributed by atoms with Crippen molar-refractivity contribution in [3.63, 3.8) is 0 Å². The monoisotopic (exact) mass is 495 g/mol. The Morgan fingerprint density at radius 1 is 1.06 bits per heavy atom. The van der Waals surface area contributed by atoms with Crippen molar-refractivity contribution in [3.8, 4) is 17.2 Å². The molecule has 0 saturated carbocycles. The quantitative estimate of drug-likeness (QED) is 0.372. The Morgan fingerprint density at radius 3 is 2.51 bits per heavy atom. The molecule has 0 aliphatic carbocycles. The molecule has 0 atom stereocenters. The van der Waals surface area contributed by atoms with Crippen molar-refractivity contribution in [1.29, 1.82) is 0 Å². The summed E-state index contributed by atoms with van der Waals surface area (Å²) in [4.78, 5) is 16.7. The van der Waals surface area contributed by atoms with E-state index >= 15 is 0 Å². The second-order valence-corrected chi connectivity index (χ2v) is 9.22.